The summed E-state index contributed by atoms with van der Waals surface area (Å²) >= 11 is 12.4. The van der Waals surface area contributed by atoms with Crippen molar-refractivity contribution in [2.24, 2.45) is 0 Å². The topological polar surface area (TPSA) is 22.0 Å². The lowest BCUT2D eigenvalue weighted by molar-refractivity contribution is 0.546. The van der Waals surface area contributed by atoms with Crippen molar-refractivity contribution < 1.29 is 13.2 Å². The van der Waals surface area contributed by atoms with E-state index in [0.29, 0.717) is 22.8 Å². The number of rotatable bonds is 2. The molecule has 8 heteroatoms. The Hall–Kier alpha value is -1.57. The van der Waals surface area contributed by atoms with E-state index in [2.05, 4.69) is 31.9 Å². The van der Waals surface area contributed by atoms with Crippen molar-refractivity contribution >= 4 is 43.5 Å². The Balaban J connectivity index is 2.48. The third kappa shape index (κ3) is 3.28. The van der Waals surface area contributed by atoms with Crippen LogP contribution in [0.5, 0.6) is 0 Å². The van der Waals surface area contributed by atoms with Crippen LogP contribution >= 0.6 is 43.5 Å². The predicted octanol–water partition coefficient (Wildman–Crippen LogP) is 6.10. The zero-order valence-electron chi connectivity index (χ0n) is 12.2. The van der Waals surface area contributed by atoms with Crippen molar-refractivity contribution in [1.82, 2.24) is 4.57 Å². The van der Waals surface area contributed by atoms with Crippen LogP contribution < -0.4 is 5.43 Å². The van der Waals surface area contributed by atoms with Crippen LogP contribution in [0.1, 0.15) is 0 Å². The molecule has 0 amide bonds. The number of nitrogens with zero attached hydrogens (tertiary/aromatic N) is 1. The van der Waals surface area contributed by atoms with Crippen LogP contribution in [0.15, 0.2) is 56.3 Å². The number of aromatic nitrogens is 1. The first-order valence-electron chi connectivity index (χ1n) is 6.81. The SMILES string of the molecule is O=c1c(Br)cn(-c2ccccc2Cl)c(-c2c(F)cc(F)cc2F)c1Br. The van der Waals surface area contributed by atoms with Gasteiger partial charge in [-0.05, 0) is 44.0 Å². The summed E-state index contributed by atoms with van der Waals surface area (Å²) in [5.41, 5.74) is -0.779. The Labute approximate surface area is 162 Å². The maximum atomic E-state index is 14.3. The quantitative estimate of drug-likeness (QED) is 0.423. The highest BCUT2D eigenvalue weighted by Crippen LogP contribution is 2.35. The monoisotopic (exact) mass is 491 g/mol. The van der Waals surface area contributed by atoms with Crippen molar-refractivity contribution in [3.8, 4) is 16.9 Å². The van der Waals surface area contributed by atoms with E-state index in [0.717, 1.165) is 0 Å². The number of halogens is 6. The second-order valence-corrected chi connectivity index (χ2v) is 7.09. The molecule has 0 saturated carbocycles. The zero-order valence-corrected chi connectivity index (χ0v) is 16.1. The number of pyridine rings is 1. The molecule has 3 rings (SSSR count). The highest BCUT2D eigenvalue weighted by atomic mass is 79.9. The first kappa shape index (κ1) is 18.2. The van der Waals surface area contributed by atoms with Gasteiger partial charge in [-0.2, -0.15) is 0 Å². The second-order valence-electron chi connectivity index (χ2n) is 5.03. The number of para-hydroxylation sites is 1. The molecular formula is C17H7Br2ClF3NO. The minimum atomic E-state index is -1.14. The summed E-state index contributed by atoms with van der Waals surface area (Å²) in [5, 5.41) is 0.300. The summed E-state index contributed by atoms with van der Waals surface area (Å²) in [5.74, 6) is -3.33. The van der Waals surface area contributed by atoms with Crippen molar-refractivity contribution in [2.75, 3.05) is 0 Å². The summed E-state index contributed by atoms with van der Waals surface area (Å²) in [6.45, 7) is 0. The van der Waals surface area contributed by atoms with Gasteiger partial charge in [-0.3, -0.25) is 4.79 Å². The summed E-state index contributed by atoms with van der Waals surface area (Å²) in [7, 11) is 0. The van der Waals surface area contributed by atoms with Crippen molar-refractivity contribution in [1.29, 1.82) is 0 Å². The number of hydrogen-bond acceptors (Lipinski definition) is 1. The Kier molecular flexibility index (Phi) is 5.09. The third-order valence-corrected chi connectivity index (χ3v) is 5.08. The van der Waals surface area contributed by atoms with Gasteiger partial charge in [0.15, 0.2) is 0 Å². The summed E-state index contributed by atoms with van der Waals surface area (Å²) < 4.78 is 43.4. The van der Waals surface area contributed by atoms with Crippen molar-refractivity contribution in [3.63, 3.8) is 0 Å². The molecule has 2 nitrogen and oxygen atoms in total. The van der Waals surface area contributed by atoms with Crippen molar-refractivity contribution in [3.05, 3.63) is 84.2 Å². The molecule has 0 aliphatic heterocycles. The normalized spacial score (nSPS) is 11.0. The molecule has 0 bridgehead atoms. The van der Waals surface area contributed by atoms with E-state index in [4.69, 9.17) is 11.6 Å². The lowest BCUT2D eigenvalue weighted by Gasteiger charge is -2.18. The van der Waals surface area contributed by atoms with Crippen LogP contribution in [0.3, 0.4) is 0 Å². The van der Waals surface area contributed by atoms with E-state index in [9.17, 15) is 18.0 Å². The molecule has 0 spiro atoms. The van der Waals surface area contributed by atoms with Gasteiger partial charge in [0.05, 0.1) is 30.9 Å². The third-order valence-electron chi connectivity index (χ3n) is 3.46. The lowest BCUT2D eigenvalue weighted by Crippen LogP contribution is -2.14. The lowest BCUT2D eigenvalue weighted by atomic mass is 10.1. The van der Waals surface area contributed by atoms with E-state index in [-0.39, 0.29) is 14.6 Å². The van der Waals surface area contributed by atoms with Gasteiger partial charge < -0.3 is 4.57 Å². The van der Waals surface area contributed by atoms with Crippen LogP contribution in [0.4, 0.5) is 13.2 Å². The van der Waals surface area contributed by atoms with E-state index in [1.807, 2.05) is 0 Å². The molecule has 0 aliphatic rings. The maximum Gasteiger partial charge on any atom is 0.210 e. The Morgan fingerprint density at radius 3 is 2.20 bits per heavy atom. The van der Waals surface area contributed by atoms with Gasteiger partial charge in [0.2, 0.25) is 5.43 Å². The predicted molar refractivity (Wildman–Crippen MR) is 97.8 cm³/mol. The van der Waals surface area contributed by atoms with E-state index >= 15 is 0 Å². The van der Waals surface area contributed by atoms with E-state index < -0.39 is 28.4 Å². The number of benzene rings is 2. The molecule has 3 aromatic rings. The minimum Gasteiger partial charge on any atom is -0.312 e. The smallest absolute Gasteiger partial charge is 0.210 e. The van der Waals surface area contributed by atoms with Crippen LogP contribution in [-0.2, 0) is 0 Å². The number of hydrogen-bond donors (Lipinski definition) is 0. The molecule has 0 atom stereocenters. The van der Waals surface area contributed by atoms with Crippen LogP contribution in [-0.4, -0.2) is 4.57 Å². The molecule has 0 fully saturated rings. The van der Waals surface area contributed by atoms with Gasteiger partial charge in [0, 0.05) is 18.3 Å². The molecule has 25 heavy (non-hydrogen) atoms. The fraction of sp³-hybridized carbons (Fsp3) is 0. The average Bonchev–Trinajstić information content (AvgIpc) is 2.54. The molecule has 0 aliphatic carbocycles. The zero-order chi connectivity index (χ0) is 18.3. The standard InChI is InChI=1S/C17H7Br2ClF3NO/c18-9-7-24(13-4-2-1-3-10(13)20)16(15(19)17(9)25)14-11(22)5-8(21)6-12(14)23/h1-7H. The molecule has 1 heterocycles. The molecule has 1 aromatic heterocycles. The Bertz CT molecular complexity index is 1030. The summed E-state index contributed by atoms with van der Waals surface area (Å²) in [6, 6.07) is 7.69. The molecule has 2 aromatic carbocycles. The summed E-state index contributed by atoms with van der Waals surface area (Å²) in [4.78, 5) is 12.3. The highest BCUT2D eigenvalue weighted by Gasteiger charge is 2.23. The van der Waals surface area contributed by atoms with Crippen LogP contribution in [0, 0.1) is 17.5 Å². The summed E-state index contributed by atoms with van der Waals surface area (Å²) in [6.07, 6.45) is 1.35. The van der Waals surface area contributed by atoms with Crippen LogP contribution in [0.25, 0.3) is 16.9 Å². The molecule has 128 valence electrons. The van der Waals surface area contributed by atoms with Crippen LogP contribution in [0.2, 0.25) is 5.02 Å². The maximum absolute atomic E-state index is 14.3. The van der Waals surface area contributed by atoms with Gasteiger partial charge in [0.25, 0.3) is 0 Å². The Morgan fingerprint density at radius 2 is 1.60 bits per heavy atom. The van der Waals surface area contributed by atoms with Gasteiger partial charge in [-0.1, -0.05) is 23.7 Å². The van der Waals surface area contributed by atoms with E-state index in [1.165, 1.54) is 10.8 Å². The van der Waals surface area contributed by atoms with Gasteiger partial charge in [-0.25, -0.2) is 13.2 Å². The fourth-order valence-electron chi connectivity index (χ4n) is 2.39. The molecule has 0 saturated heterocycles. The van der Waals surface area contributed by atoms with Crippen molar-refractivity contribution in [2.45, 2.75) is 0 Å². The molecule has 0 N–H and O–H groups in total. The van der Waals surface area contributed by atoms with Gasteiger partial charge in [-0.15, -0.1) is 0 Å². The molecule has 0 radical (unpaired) electrons. The largest absolute Gasteiger partial charge is 0.312 e. The Morgan fingerprint density at radius 1 is 1.00 bits per heavy atom. The first-order valence-corrected chi connectivity index (χ1v) is 8.78. The van der Waals surface area contributed by atoms with E-state index in [1.54, 1.807) is 24.3 Å². The van der Waals surface area contributed by atoms with Gasteiger partial charge >= 0.3 is 0 Å². The fourth-order valence-corrected chi connectivity index (χ4v) is 3.89. The second kappa shape index (κ2) is 6.97. The minimum absolute atomic E-state index is 0.0915. The first-order chi connectivity index (χ1) is 11.8. The molecular weight excluding hydrogens is 486 g/mol. The molecule has 0 unspecified atom stereocenters. The highest BCUT2D eigenvalue weighted by molar-refractivity contribution is 9.11. The van der Waals surface area contributed by atoms with Gasteiger partial charge in [0.1, 0.15) is 17.5 Å². The average molecular weight is 494 g/mol.